The first-order valence-electron chi connectivity index (χ1n) is 5.40. The van der Waals surface area contributed by atoms with Crippen molar-refractivity contribution in [1.29, 1.82) is 0 Å². The first-order valence-corrected chi connectivity index (χ1v) is 5.78. The Bertz CT molecular complexity index is 487. The highest BCUT2D eigenvalue weighted by Crippen LogP contribution is 2.18. The molecule has 92 valence electrons. The zero-order valence-electron chi connectivity index (χ0n) is 9.53. The molecule has 0 bridgehead atoms. The van der Waals surface area contributed by atoms with E-state index in [0.29, 0.717) is 11.5 Å². The molecule has 7 heteroatoms. The molecule has 2 N–H and O–H groups in total. The number of nitrogens with zero attached hydrogens (tertiary/aromatic N) is 3. The minimum Gasteiger partial charge on any atom is -0.385 e. The Kier molecular flexibility index (Phi) is 4.11. The van der Waals surface area contributed by atoms with E-state index in [0.717, 1.165) is 31.5 Å². The Labute approximate surface area is 104 Å². The highest BCUT2D eigenvalue weighted by Gasteiger charge is 2.07. The molecule has 2 aromatic heterocycles. The van der Waals surface area contributed by atoms with Crippen LogP contribution >= 0.6 is 11.6 Å². The molecule has 0 aliphatic heterocycles. The summed E-state index contributed by atoms with van der Waals surface area (Å²) in [4.78, 5) is 15.2. The van der Waals surface area contributed by atoms with Crippen LogP contribution < -0.4 is 5.32 Å². The summed E-state index contributed by atoms with van der Waals surface area (Å²) in [5.74, 6) is 0.690. The predicted octanol–water partition coefficient (Wildman–Crippen LogP) is 1.84. The van der Waals surface area contributed by atoms with Crippen LogP contribution in [0.1, 0.15) is 12.8 Å². The second-order valence-corrected chi connectivity index (χ2v) is 3.91. The van der Waals surface area contributed by atoms with E-state index < -0.39 is 0 Å². The minimum absolute atomic E-state index is 0.198. The maximum Gasteiger partial charge on any atom is 0.226 e. The van der Waals surface area contributed by atoms with Gasteiger partial charge in [-0.15, -0.1) is 0 Å². The van der Waals surface area contributed by atoms with Gasteiger partial charge in [-0.3, -0.25) is 0 Å². The third-order valence-corrected chi connectivity index (χ3v) is 2.50. The number of imidazole rings is 1. The summed E-state index contributed by atoms with van der Waals surface area (Å²) in [5, 5.41) is 3.41. The van der Waals surface area contributed by atoms with Crippen LogP contribution in [0.4, 0.5) is 5.82 Å². The Hall–Kier alpha value is -1.40. The van der Waals surface area contributed by atoms with Crippen LogP contribution in [0.5, 0.6) is 0 Å². The Morgan fingerprint density at radius 1 is 1.41 bits per heavy atom. The lowest BCUT2D eigenvalue weighted by molar-refractivity contribution is 0.194. The number of fused-ring (bicyclic) bond motifs is 1. The Morgan fingerprint density at radius 2 is 2.29 bits per heavy atom. The highest BCUT2D eigenvalue weighted by atomic mass is 35.5. The lowest BCUT2D eigenvalue weighted by Crippen LogP contribution is -2.06. The number of halogens is 1. The van der Waals surface area contributed by atoms with Crippen LogP contribution in [-0.2, 0) is 4.74 Å². The average molecular weight is 256 g/mol. The summed E-state index contributed by atoms with van der Waals surface area (Å²) in [7, 11) is 1.70. The first-order chi connectivity index (χ1) is 8.31. The molecule has 2 heterocycles. The molecule has 0 spiro atoms. The van der Waals surface area contributed by atoms with Gasteiger partial charge in [0, 0.05) is 20.3 Å². The quantitative estimate of drug-likeness (QED) is 0.609. The minimum atomic E-state index is 0.198. The largest absolute Gasteiger partial charge is 0.385 e. The van der Waals surface area contributed by atoms with Crippen molar-refractivity contribution in [3.05, 3.63) is 11.6 Å². The molecule has 0 radical (unpaired) electrons. The molecule has 0 aromatic carbocycles. The molecule has 2 aromatic rings. The molecule has 0 amide bonds. The summed E-state index contributed by atoms with van der Waals surface area (Å²) in [6, 6.07) is 0. The van der Waals surface area contributed by atoms with Crippen molar-refractivity contribution in [2.24, 2.45) is 0 Å². The number of ether oxygens (including phenoxy) is 1. The van der Waals surface area contributed by atoms with Gasteiger partial charge in [-0.1, -0.05) is 0 Å². The summed E-state index contributed by atoms with van der Waals surface area (Å²) in [5.41, 5.74) is 1.35. The number of nitrogens with one attached hydrogen (secondary N) is 2. The molecule has 0 fully saturated rings. The van der Waals surface area contributed by atoms with Crippen LogP contribution in [0.2, 0.25) is 5.28 Å². The fraction of sp³-hybridized carbons (Fsp3) is 0.500. The summed E-state index contributed by atoms with van der Waals surface area (Å²) in [6.07, 6.45) is 3.59. The Balaban J connectivity index is 2.00. The second-order valence-electron chi connectivity index (χ2n) is 3.57. The van der Waals surface area contributed by atoms with Gasteiger partial charge in [0.1, 0.15) is 5.52 Å². The normalized spacial score (nSPS) is 10.9. The van der Waals surface area contributed by atoms with E-state index in [1.165, 1.54) is 0 Å². The molecule has 0 aliphatic carbocycles. The smallest absolute Gasteiger partial charge is 0.226 e. The van der Waals surface area contributed by atoms with Gasteiger partial charge < -0.3 is 15.0 Å². The topological polar surface area (TPSA) is 75.7 Å². The zero-order chi connectivity index (χ0) is 12.1. The van der Waals surface area contributed by atoms with E-state index in [4.69, 9.17) is 16.3 Å². The van der Waals surface area contributed by atoms with Gasteiger partial charge in [-0.05, 0) is 24.4 Å². The number of rotatable bonds is 6. The van der Waals surface area contributed by atoms with Gasteiger partial charge in [0.25, 0.3) is 0 Å². The van der Waals surface area contributed by atoms with Crippen LogP contribution in [0, 0.1) is 0 Å². The van der Waals surface area contributed by atoms with Crippen molar-refractivity contribution in [2.45, 2.75) is 12.8 Å². The second kappa shape index (κ2) is 5.79. The number of hydrogen-bond acceptors (Lipinski definition) is 5. The molecule has 0 saturated heterocycles. The van der Waals surface area contributed by atoms with Crippen LogP contribution in [0.25, 0.3) is 11.2 Å². The summed E-state index contributed by atoms with van der Waals surface area (Å²) >= 11 is 5.81. The van der Waals surface area contributed by atoms with Gasteiger partial charge in [0.05, 0.1) is 6.33 Å². The van der Waals surface area contributed by atoms with Gasteiger partial charge in [0.15, 0.2) is 11.5 Å². The van der Waals surface area contributed by atoms with Crippen molar-refractivity contribution in [2.75, 3.05) is 25.6 Å². The number of methoxy groups -OCH3 is 1. The van der Waals surface area contributed by atoms with Crippen molar-refractivity contribution in [3.8, 4) is 0 Å². The average Bonchev–Trinajstić information content (AvgIpc) is 2.76. The molecule has 0 atom stereocenters. The first kappa shape index (κ1) is 12.1. The Morgan fingerprint density at radius 3 is 3.12 bits per heavy atom. The number of aromatic amines is 1. The maximum atomic E-state index is 5.81. The molecule has 2 rings (SSSR count). The van der Waals surface area contributed by atoms with E-state index in [1.54, 1.807) is 13.4 Å². The van der Waals surface area contributed by atoms with E-state index >= 15 is 0 Å². The van der Waals surface area contributed by atoms with Gasteiger partial charge in [0.2, 0.25) is 5.28 Å². The monoisotopic (exact) mass is 255 g/mol. The van der Waals surface area contributed by atoms with Crippen molar-refractivity contribution >= 4 is 28.6 Å². The lowest BCUT2D eigenvalue weighted by Gasteiger charge is -2.06. The van der Waals surface area contributed by atoms with Crippen LogP contribution in [0.3, 0.4) is 0 Å². The third-order valence-electron chi connectivity index (χ3n) is 2.33. The van der Waals surface area contributed by atoms with Gasteiger partial charge in [-0.25, -0.2) is 4.98 Å². The molecule has 17 heavy (non-hydrogen) atoms. The third kappa shape index (κ3) is 3.04. The van der Waals surface area contributed by atoms with E-state index in [9.17, 15) is 0 Å². The predicted molar refractivity (Wildman–Crippen MR) is 66.3 cm³/mol. The maximum absolute atomic E-state index is 5.81. The zero-order valence-corrected chi connectivity index (χ0v) is 10.3. The number of unbranched alkanes of at least 4 members (excludes halogenated alkanes) is 1. The fourth-order valence-electron chi connectivity index (χ4n) is 1.51. The van der Waals surface area contributed by atoms with E-state index in [1.807, 2.05) is 0 Å². The molecular weight excluding hydrogens is 242 g/mol. The fourth-order valence-corrected chi connectivity index (χ4v) is 1.68. The standard InChI is InChI=1S/C10H14ClN5O/c1-17-5-3-2-4-12-8-7-9(14-6-13-7)16-10(11)15-8/h6H,2-5H2,1H3,(H2,12,13,14,15,16). The number of H-pyrrole nitrogens is 1. The van der Waals surface area contributed by atoms with Crippen molar-refractivity contribution in [1.82, 2.24) is 19.9 Å². The van der Waals surface area contributed by atoms with E-state index in [2.05, 4.69) is 25.3 Å². The molecule has 0 unspecified atom stereocenters. The van der Waals surface area contributed by atoms with Crippen LogP contribution in [-0.4, -0.2) is 40.2 Å². The lowest BCUT2D eigenvalue weighted by atomic mass is 10.3. The number of hydrogen-bond donors (Lipinski definition) is 2. The summed E-state index contributed by atoms with van der Waals surface area (Å²) in [6.45, 7) is 1.58. The summed E-state index contributed by atoms with van der Waals surface area (Å²) < 4.78 is 4.98. The molecule has 6 nitrogen and oxygen atoms in total. The van der Waals surface area contributed by atoms with Crippen LogP contribution in [0.15, 0.2) is 6.33 Å². The van der Waals surface area contributed by atoms with Crippen molar-refractivity contribution in [3.63, 3.8) is 0 Å². The number of aromatic nitrogens is 4. The number of anilines is 1. The molecule has 0 saturated carbocycles. The highest BCUT2D eigenvalue weighted by molar-refractivity contribution is 6.28. The van der Waals surface area contributed by atoms with Gasteiger partial charge in [-0.2, -0.15) is 9.97 Å². The molecule has 0 aliphatic rings. The van der Waals surface area contributed by atoms with Crippen molar-refractivity contribution < 1.29 is 4.74 Å². The molecular formula is C10H14ClN5O. The SMILES string of the molecule is COCCCCNc1nc(Cl)nc2nc[nH]c12. The van der Waals surface area contributed by atoms with E-state index in [-0.39, 0.29) is 5.28 Å². The van der Waals surface area contributed by atoms with Gasteiger partial charge >= 0.3 is 0 Å².